The predicted molar refractivity (Wildman–Crippen MR) is 142 cm³/mol. The van der Waals surface area contributed by atoms with Crippen molar-refractivity contribution in [1.82, 2.24) is 16.0 Å². The number of carbonyl (C=O) groups excluding carboxylic acids is 3. The van der Waals surface area contributed by atoms with Crippen LogP contribution < -0.4 is 21.3 Å². The first-order valence-electron chi connectivity index (χ1n) is 12.0. The largest absolute Gasteiger partial charge is 0.480 e. The summed E-state index contributed by atoms with van der Waals surface area (Å²) in [5.74, 6) is -1.42. The van der Waals surface area contributed by atoms with E-state index >= 15 is 0 Å². The van der Waals surface area contributed by atoms with Crippen molar-refractivity contribution in [3.63, 3.8) is 0 Å². The Bertz CT molecular complexity index is 1250. The normalized spacial score (nSPS) is 11.1. The molecule has 0 aliphatic heterocycles. The summed E-state index contributed by atoms with van der Waals surface area (Å²) < 4.78 is 5.16. The summed E-state index contributed by atoms with van der Waals surface area (Å²) >= 11 is 0. The predicted octanol–water partition coefficient (Wildman–Crippen LogP) is 3.53. The van der Waals surface area contributed by atoms with Crippen LogP contribution in [0.15, 0.2) is 78.9 Å². The number of ether oxygens (including phenoxy) is 1. The van der Waals surface area contributed by atoms with E-state index in [0.29, 0.717) is 11.3 Å². The SMILES string of the molecule is CC(=O)NCCNC(=O)Nc1cc(CC(NC(=O)OCc2ccccc2)C(=O)O)ccc1-c1ccccc1. The second-order valence-electron chi connectivity index (χ2n) is 8.41. The number of hydrogen-bond donors (Lipinski definition) is 5. The zero-order valence-corrected chi connectivity index (χ0v) is 20.9. The van der Waals surface area contributed by atoms with Gasteiger partial charge in [-0.3, -0.25) is 4.79 Å². The lowest BCUT2D eigenvalue weighted by molar-refractivity contribution is -0.139. The van der Waals surface area contributed by atoms with Crippen molar-refractivity contribution in [2.75, 3.05) is 18.4 Å². The van der Waals surface area contributed by atoms with Gasteiger partial charge in [0.1, 0.15) is 12.6 Å². The van der Waals surface area contributed by atoms with E-state index in [1.54, 1.807) is 30.3 Å². The molecule has 3 aromatic carbocycles. The molecule has 0 aromatic heterocycles. The molecule has 0 saturated carbocycles. The molecular formula is C28H30N4O6. The second kappa shape index (κ2) is 14.0. The minimum absolute atomic E-state index is 0.00982. The molecule has 0 spiro atoms. The number of carboxylic acids is 1. The van der Waals surface area contributed by atoms with E-state index < -0.39 is 24.1 Å². The van der Waals surface area contributed by atoms with Crippen LogP contribution in [-0.2, 0) is 27.4 Å². The molecule has 5 N–H and O–H groups in total. The summed E-state index contributed by atoms with van der Waals surface area (Å²) in [6.07, 6.45) is -0.886. The summed E-state index contributed by atoms with van der Waals surface area (Å²) in [6.45, 7) is 1.90. The van der Waals surface area contributed by atoms with Gasteiger partial charge in [0.15, 0.2) is 0 Å². The average molecular weight is 519 g/mol. The summed E-state index contributed by atoms with van der Waals surface area (Å²) in [4.78, 5) is 47.7. The smallest absolute Gasteiger partial charge is 0.408 e. The van der Waals surface area contributed by atoms with Gasteiger partial charge in [0, 0.05) is 32.0 Å². The van der Waals surface area contributed by atoms with Gasteiger partial charge in [-0.15, -0.1) is 0 Å². The molecule has 1 atom stereocenters. The van der Waals surface area contributed by atoms with E-state index in [4.69, 9.17) is 4.74 Å². The zero-order chi connectivity index (χ0) is 27.3. The molecule has 0 aliphatic rings. The van der Waals surface area contributed by atoms with Gasteiger partial charge in [0.25, 0.3) is 0 Å². The number of nitrogens with one attached hydrogen (secondary N) is 4. The first kappa shape index (κ1) is 27.7. The molecule has 198 valence electrons. The molecule has 10 nitrogen and oxygen atoms in total. The maximum Gasteiger partial charge on any atom is 0.408 e. The minimum atomic E-state index is -1.25. The van der Waals surface area contributed by atoms with Crippen LogP contribution >= 0.6 is 0 Å². The van der Waals surface area contributed by atoms with Crippen LogP contribution in [0.2, 0.25) is 0 Å². The maximum absolute atomic E-state index is 12.5. The molecule has 0 bridgehead atoms. The van der Waals surface area contributed by atoms with Crippen LogP contribution in [0.3, 0.4) is 0 Å². The summed E-state index contributed by atoms with van der Waals surface area (Å²) in [6, 6.07) is 21.9. The van der Waals surface area contributed by atoms with Gasteiger partial charge in [0.2, 0.25) is 5.91 Å². The Morgan fingerprint density at radius 2 is 1.50 bits per heavy atom. The Labute approximate surface area is 220 Å². The summed E-state index contributed by atoms with van der Waals surface area (Å²) in [7, 11) is 0. The molecule has 10 heteroatoms. The molecule has 0 saturated heterocycles. The van der Waals surface area contributed by atoms with Gasteiger partial charge in [-0.2, -0.15) is 0 Å². The maximum atomic E-state index is 12.5. The second-order valence-corrected chi connectivity index (χ2v) is 8.41. The van der Waals surface area contributed by atoms with Crippen molar-refractivity contribution >= 4 is 29.7 Å². The lowest BCUT2D eigenvalue weighted by Crippen LogP contribution is -2.42. The molecule has 3 rings (SSSR count). The van der Waals surface area contributed by atoms with Crippen LogP contribution in [0.5, 0.6) is 0 Å². The molecule has 38 heavy (non-hydrogen) atoms. The van der Waals surface area contributed by atoms with E-state index in [-0.39, 0.29) is 32.0 Å². The Kier molecular flexibility index (Phi) is 10.2. The molecule has 0 heterocycles. The number of benzene rings is 3. The van der Waals surface area contributed by atoms with Crippen LogP contribution in [0.4, 0.5) is 15.3 Å². The highest BCUT2D eigenvalue weighted by Crippen LogP contribution is 2.29. The van der Waals surface area contributed by atoms with E-state index in [1.807, 2.05) is 48.5 Å². The number of carbonyl (C=O) groups is 4. The molecular weight excluding hydrogens is 488 g/mol. The van der Waals surface area contributed by atoms with Crippen LogP contribution in [0.1, 0.15) is 18.1 Å². The number of hydrogen-bond acceptors (Lipinski definition) is 5. The molecule has 0 aliphatic carbocycles. The van der Waals surface area contributed by atoms with Gasteiger partial charge in [-0.05, 0) is 22.8 Å². The van der Waals surface area contributed by atoms with Gasteiger partial charge >= 0.3 is 18.1 Å². The number of anilines is 1. The molecule has 1 unspecified atom stereocenters. The third kappa shape index (κ3) is 8.98. The topological polar surface area (TPSA) is 146 Å². The van der Waals surface area contributed by atoms with Crippen LogP contribution in [0.25, 0.3) is 11.1 Å². The number of rotatable bonds is 11. The van der Waals surface area contributed by atoms with Crippen molar-refractivity contribution in [3.05, 3.63) is 90.0 Å². The van der Waals surface area contributed by atoms with E-state index in [9.17, 15) is 24.3 Å². The lowest BCUT2D eigenvalue weighted by atomic mass is 9.98. The standard InChI is InChI=1S/C28H30N4O6/c1-19(33)29-14-15-30-27(36)31-24-16-21(12-13-23(24)22-10-6-3-7-11-22)17-25(26(34)35)32-28(37)38-18-20-8-4-2-5-9-20/h2-13,16,25H,14-15,17-18H2,1H3,(H,29,33)(H,32,37)(H,34,35)(H2,30,31,36). The Morgan fingerprint density at radius 3 is 2.16 bits per heavy atom. The highest BCUT2D eigenvalue weighted by atomic mass is 16.5. The molecule has 0 radical (unpaired) electrons. The van der Waals surface area contributed by atoms with E-state index in [2.05, 4.69) is 21.3 Å². The van der Waals surface area contributed by atoms with E-state index in [0.717, 1.165) is 16.7 Å². The fraction of sp³-hybridized carbons (Fsp3) is 0.214. The Balaban J connectivity index is 1.71. The molecule has 4 amide bonds. The average Bonchev–Trinajstić information content (AvgIpc) is 2.90. The number of alkyl carbamates (subject to hydrolysis) is 1. The van der Waals surface area contributed by atoms with E-state index in [1.165, 1.54) is 6.92 Å². The fourth-order valence-electron chi connectivity index (χ4n) is 3.62. The first-order chi connectivity index (χ1) is 18.3. The minimum Gasteiger partial charge on any atom is -0.480 e. The Morgan fingerprint density at radius 1 is 0.842 bits per heavy atom. The summed E-state index contributed by atoms with van der Waals surface area (Å²) in [5, 5.41) is 20.1. The molecule has 3 aromatic rings. The number of aliphatic carboxylic acids is 1. The van der Waals surface area contributed by atoms with Crippen molar-refractivity contribution in [3.8, 4) is 11.1 Å². The Hall–Kier alpha value is -4.86. The van der Waals surface area contributed by atoms with Crippen LogP contribution in [-0.4, -0.2) is 48.2 Å². The van der Waals surface area contributed by atoms with Crippen molar-refractivity contribution in [2.45, 2.75) is 26.0 Å². The lowest BCUT2D eigenvalue weighted by Gasteiger charge is -2.17. The zero-order valence-electron chi connectivity index (χ0n) is 20.9. The van der Waals surface area contributed by atoms with Gasteiger partial charge in [0.05, 0.1) is 5.69 Å². The highest BCUT2D eigenvalue weighted by molar-refractivity contribution is 5.94. The third-order valence-electron chi connectivity index (χ3n) is 5.44. The fourth-order valence-corrected chi connectivity index (χ4v) is 3.62. The number of amides is 4. The summed E-state index contributed by atoms with van der Waals surface area (Å²) in [5.41, 5.74) is 3.39. The third-order valence-corrected chi connectivity index (χ3v) is 5.44. The monoisotopic (exact) mass is 518 g/mol. The molecule has 0 fully saturated rings. The van der Waals surface area contributed by atoms with Crippen molar-refractivity contribution in [2.24, 2.45) is 0 Å². The highest BCUT2D eigenvalue weighted by Gasteiger charge is 2.22. The van der Waals surface area contributed by atoms with Gasteiger partial charge < -0.3 is 31.1 Å². The van der Waals surface area contributed by atoms with Crippen molar-refractivity contribution < 1.29 is 29.0 Å². The quantitative estimate of drug-likeness (QED) is 0.246. The van der Waals surface area contributed by atoms with Crippen molar-refractivity contribution in [1.29, 1.82) is 0 Å². The number of carboxylic acid groups (broad SMARTS) is 1. The van der Waals surface area contributed by atoms with Gasteiger partial charge in [-0.1, -0.05) is 72.8 Å². The van der Waals surface area contributed by atoms with Crippen LogP contribution in [0, 0.1) is 0 Å². The van der Waals surface area contributed by atoms with Gasteiger partial charge in [-0.25, -0.2) is 14.4 Å². The number of urea groups is 1. The first-order valence-corrected chi connectivity index (χ1v) is 12.0.